The number of hydrogen-bond acceptors (Lipinski definition) is 14. The van der Waals surface area contributed by atoms with Crippen LogP contribution in [0.1, 0.15) is 146 Å². The van der Waals surface area contributed by atoms with Gasteiger partial charge in [-0.1, -0.05) is 59.1 Å². The Kier molecular flexibility index (Phi) is 28.8. The lowest BCUT2D eigenvalue weighted by atomic mass is 9.74. The number of nitrogens with zero attached hydrogens (tertiary/aromatic N) is 9. The minimum atomic E-state index is -5.46. The number of benzene rings is 2. The zero-order chi connectivity index (χ0) is 80.5. The van der Waals surface area contributed by atoms with E-state index in [1.165, 1.54) is 52.1 Å². The van der Waals surface area contributed by atoms with Crippen molar-refractivity contribution in [3.05, 3.63) is 70.3 Å². The Morgan fingerprint density at radius 2 is 1.24 bits per heavy atom. The van der Waals surface area contributed by atoms with Gasteiger partial charge < -0.3 is 69.5 Å². The first kappa shape index (κ1) is 86.0. The van der Waals surface area contributed by atoms with Crippen molar-refractivity contribution in [3.8, 4) is 0 Å². The van der Waals surface area contributed by atoms with E-state index in [1.54, 1.807) is 13.8 Å². The van der Waals surface area contributed by atoms with Crippen molar-refractivity contribution in [2.75, 3.05) is 102 Å². The van der Waals surface area contributed by atoms with E-state index in [0.717, 1.165) is 65.6 Å². The first-order valence-corrected chi connectivity index (χ1v) is 37.4. The second-order valence-electron chi connectivity index (χ2n) is 30.4. The second-order valence-corrected chi connectivity index (χ2v) is 30.4. The number of likely N-dealkylation sites (N-methyl/N-ethyl adjacent to an activating group) is 6. The van der Waals surface area contributed by atoms with Crippen LogP contribution < -0.4 is 16.0 Å². The molecule has 4 saturated heterocycles. The average Bonchev–Trinajstić information content (AvgIpc) is 1.74. The molecule has 10 atom stereocenters. The van der Waals surface area contributed by atoms with Crippen LogP contribution in [0.5, 0.6) is 0 Å². The fraction of sp³-hybridized carbons (Fsp3) is 0.680. The predicted octanol–water partition coefficient (Wildman–Crippen LogP) is 4.95. The van der Waals surface area contributed by atoms with Gasteiger partial charge in [0.1, 0.15) is 71.1 Å². The van der Waals surface area contributed by atoms with Crippen LogP contribution in [0.25, 0.3) is 0 Å². The summed E-state index contributed by atoms with van der Waals surface area (Å²) in [6.45, 7) is 5.51. The van der Waals surface area contributed by atoms with Crippen LogP contribution in [-0.2, 0) is 92.2 Å². The molecule has 12 amide bonds. The highest BCUT2D eigenvalue weighted by Gasteiger charge is 2.55. The number of halogens is 8. The predicted molar refractivity (Wildman–Crippen MR) is 378 cm³/mol. The highest BCUT2D eigenvalue weighted by molar-refractivity contribution is 6.01. The number of fused-ring (bicyclic) bond motifs is 3. The van der Waals surface area contributed by atoms with Gasteiger partial charge in [0.05, 0.1) is 44.4 Å². The average molecular weight is 1550 g/mol. The second kappa shape index (κ2) is 36.5. The van der Waals surface area contributed by atoms with Gasteiger partial charge in [0.15, 0.2) is 0 Å². The van der Waals surface area contributed by atoms with Gasteiger partial charge in [-0.3, -0.25) is 57.5 Å². The largest absolute Gasteiger partial charge is 0.422 e. The van der Waals surface area contributed by atoms with Gasteiger partial charge in [0.25, 0.3) is 0 Å². The van der Waals surface area contributed by atoms with Crippen LogP contribution in [0.4, 0.5) is 35.1 Å². The molecule has 3 N–H and O–H groups in total. The van der Waals surface area contributed by atoms with Crippen molar-refractivity contribution in [3.63, 3.8) is 0 Å². The molecule has 2 aliphatic carbocycles. The van der Waals surface area contributed by atoms with Gasteiger partial charge in [-0.25, -0.2) is 8.78 Å². The Morgan fingerprint density at radius 3 is 1.81 bits per heavy atom. The Labute approximate surface area is 629 Å². The number of methoxy groups -OCH3 is 1. The van der Waals surface area contributed by atoms with Crippen molar-refractivity contribution >= 4 is 70.9 Å². The molecule has 26 nitrogen and oxygen atoms in total. The number of carbonyl (C=O) groups excluding carboxylic acids is 12. The third-order valence-electron chi connectivity index (χ3n) is 22.6. The number of carbonyl (C=O) groups is 12. The Hall–Kier alpha value is -8.56. The standard InChI is InChI=1S/C75H104F8N12O14/c1-12-44(4)61-70(105)88(6)42-59(98)89(7)52-20-15-16-30-94(69(52)104)55(39-45-21-24-48(25-22-45)74(78,79)80)67(102)87(5)41-57(96)84-51(26-23-46-37-49(76)60(50(77)38-46)75(81,82)83)66(101)95-31-27-56(108-11)63(95)65(100)86-73(28-17-29-73)72(107)92(10)62(47-18-13-14-19-47)71(106)91(9)54(68(103)93-32-34-109-35-33-93)40-58(97)90(8)53(36-43(2)3)64(99)85-61/h21-22,24-25,37-38,43-44,47,51-56,61-63H,12-20,23,26-36,39-42H2,1-11H3,(H,84,96)(H,85,99)(H,86,100)/t44-,51-,52-,53-,54-,55-,56+,61-,62-,63-/m0/s1. The molecule has 2 saturated carbocycles. The number of ether oxygens (including phenoxy) is 2. The Balaban J connectivity index is 1.22. The topological polar surface area (TPSA) is 289 Å². The van der Waals surface area contributed by atoms with Crippen LogP contribution in [0.3, 0.4) is 0 Å². The quantitative estimate of drug-likeness (QED) is 0.237. The molecular weight excluding hydrogens is 1440 g/mol. The fourth-order valence-corrected chi connectivity index (χ4v) is 15.8. The minimum absolute atomic E-state index is 0.0155. The Morgan fingerprint density at radius 1 is 0.624 bits per heavy atom. The van der Waals surface area contributed by atoms with Crippen LogP contribution in [0.2, 0.25) is 0 Å². The van der Waals surface area contributed by atoms with E-state index >= 15 is 47.1 Å². The third-order valence-corrected chi connectivity index (χ3v) is 22.6. The van der Waals surface area contributed by atoms with E-state index in [0.29, 0.717) is 50.7 Å². The van der Waals surface area contributed by atoms with Gasteiger partial charge in [0, 0.05) is 82.0 Å². The van der Waals surface area contributed by atoms with Gasteiger partial charge in [-0.2, -0.15) is 26.3 Å². The molecule has 4 aliphatic heterocycles. The molecule has 109 heavy (non-hydrogen) atoms. The van der Waals surface area contributed by atoms with Crippen molar-refractivity contribution in [2.24, 2.45) is 17.8 Å². The van der Waals surface area contributed by atoms with E-state index in [1.807, 2.05) is 13.8 Å². The SMILES string of the molecule is CC[C@H](C)[C@@H]1NC(=O)[C@H](CC(C)C)N(C)C(=O)C[C@@H](C(=O)N2CCOCC2)N(C)C(=O)[C@H](C2CCCC2)N(C)C(=O)C2(CCC2)NC(=O)[C@@H]2[C@H](OC)CCN2C(=O)[C@H](CCc2cc(F)c(C(F)(F)F)c(F)c2)NC(=O)CN(C)C(=O)[C@H](Cc2ccc(C(F)(F)F)cc2)N2CCCC[C@@H](C2=O)N(C)C(=O)CN(C)C1=O. The number of nitrogens with one attached hydrogen (secondary N) is 3. The van der Waals surface area contributed by atoms with Gasteiger partial charge in [-0.15, -0.1) is 0 Å². The zero-order valence-corrected chi connectivity index (χ0v) is 63.8. The van der Waals surface area contributed by atoms with E-state index in [2.05, 4.69) is 16.0 Å². The van der Waals surface area contributed by atoms with Crippen molar-refractivity contribution in [1.82, 2.24) is 60.0 Å². The molecule has 8 rings (SSSR count). The normalized spacial score (nSPS) is 26.6. The van der Waals surface area contributed by atoms with Gasteiger partial charge in [-0.05, 0) is 130 Å². The first-order chi connectivity index (χ1) is 51.2. The molecule has 0 aromatic heterocycles. The molecule has 2 bridgehead atoms. The maximum Gasteiger partial charge on any atom is 0.422 e. The first-order valence-electron chi connectivity index (χ1n) is 37.4. The summed E-state index contributed by atoms with van der Waals surface area (Å²) in [6.07, 6.45) is -10.2. The maximum absolute atomic E-state index is 15.7. The van der Waals surface area contributed by atoms with E-state index in [9.17, 15) is 45.5 Å². The number of amides is 12. The number of morpholine rings is 1. The molecule has 2 aromatic carbocycles. The number of rotatable bonds is 12. The summed E-state index contributed by atoms with van der Waals surface area (Å²) in [4.78, 5) is 192. The molecule has 604 valence electrons. The summed E-state index contributed by atoms with van der Waals surface area (Å²) < 4.78 is 125. The minimum Gasteiger partial charge on any atom is -0.379 e. The van der Waals surface area contributed by atoms with Crippen molar-refractivity contribution in [1.29, 1.82) is 0 Å². The molecule has 0 unspecified atom stereocenters. The van der Waals surface area contributed by atoms with Crippen molar-refractivity contribution in [2.45, 2.75) is 209 Å². The monoisotopic (exact) mass is 1550 g/mol. The Bertz CT molecular complexity index is 3640. The van der Waals surface area contributed by atoms with Gasteiger partial charge >= 0.3 is 12.4 Å². The molecule has 34 heteroatoms. The molecule has 6 aliphatic rings. The summed E-state index contributed by atoms with van der Waals surface area (Å²) in [5.41, 5.74) is -5.25. The molecule has 4 heterocycles. The molecule has 2 aromatic rings. The molecule has 1 spiro atoms. The third kappa shape index (κ3) is 20.2. The van der Waals surface area contributed by atoms with Crippen LogP contribution in [-0.4, -0.2) is 277 Å². The lowest BCUT2D eigenvalue weighted by Gasteiger charge is -2.47. The molecular formula is C75H104F8N12O14. The lowest BCUT2D eigenvalue weighted by Crippen LogP contribution is -2.69. The molecule has 6 fully saturated rings. The maximum atomic E-state index is 15.7. The fourth-order valence-electron chi connectivity index (χ4n) is 15.8. The smallest absolute Gasteiger partial charge is 0.379 e. The van der Waals surface area contributed by atoms with Crippen LogP contribution in [0.15, 0.2) is 36.4 Å². The highest BCUT2D eigenvalue weighted by Crippen LogP contribution is 2.40. The zero-order valence-electron chi connectivity index (χ0n) is 63.8. The van der Waals surface area contributed by atoms with E-state index in [-0.39, 0.29) is 95.8 Å². The summed E-state index contributed by atoms with van der Waals surface area (Å²) in [5.74, 6) is -15.3. The summed E-state index contributed by atoms with van der Waals surface area (Å²) in [7, 11) is 9.14. The number of hydrogen-bond donors (Lipinski definition) is 3. The highest BCUT2D eigenvalue weighted by atomic mass is 19.4. The summed E-state index contributed by atoms with van der Waals surface area (Å²) in [5, 5.41) is 8.27. The molecule has 0 radical (unpaired) electrons. The van der Waals surface area contributed by atoms with E-state index in [4.69, 9.17) is 9.47 Å². The van der Waals surface area contributed by atoms with Crippen molar-refractivity contribution < 1.29 is 102 Å². The lowest BCUT2D eigenvalue weighted by molar-refractivity contribution is -0.159. The van der Waals surface area contributed by atoms with E-state index < -0.39 is 222 Å². The number of alkyl halides is 6. The van der Waals surface area contributed by atoms with Gasteiger partial charge in [0.2, 0.25) is 70.9 Å². The van der Waals surface area contributed by atoms with Crippen LogP contribution in [0, 0.1) is 29.4 Å². The summed E-state index contributed by atoms with van der Waals surface area (Å²) >= 11 is 0. The number of aryl methyl sites for hydroxylation is 1. The van der Waals surface area contributed by atoms with Crippen LogP contribution >= 0.6 is 0 Å². The summed E-state index contributed by atoms with van der Waals surface area (Å²) in [6, 6.07) is -7.28.